The summed E-state index contributed by atoms with van der Waals surface area (Å²) in [6.07, 6.45) is 3.79. The Bertz CT molecular complexity index is 943. The number of nitrogens with one attached hydrogen (secondary N) is 2. The van der Waals surface area contributed by atoms with Crippen molar-refractivity contribution in [1.29, 1.82) is 0 Å². The van der Waals surface area contributed by atoms with Gasteiger partial charge in [0.1, 0.15) is 5.82 Å². The number of halogens is 2. The molecule has 0 bridgehead atoms. The van der Waals surface area contributed by atoms with Crippen molar-refractivity contribution in [2.75, 3.05) is 16.3 Å². The van der Waals surface area contributed by atoms with Gasteiger partial charge < -0.3 is 5.32 Å². The molecule has 132 valence electrons. The molecule has 1 amide bonds. The van der Waals surface area contributed by atoms with E-state index in [9.17, 15) is 17.6 Å². The van der Waals surface area contributed by atoms with Gasteiger partial charge >= 0.3 is 0 Å². The molecule has 0 spiro atoms. The Labute approximate surface area is 150 Å². The quantitative estimate of drug-likeness (QED) is 0.772. The van der Waals surface area contributed by atoms with Gasteiger partial charge in [0.2, 0.25) is 15.9 Å². The van der Waals surface area contributed by atoms with Crippen LogP contribution in [0.3, 0.4) is 0 Å². The van der Waals surface area contributed by atoms with Crippen LogP contribution in [0.2, 0.25) is 5.02 Å². The SMILES string of the molecule is Cc1ccc(/C=C/C(=O)Nc2ccc(F)c(NS(C)(=O)=O)c2)cc1Cl. The Kier molecular flexibility index (Phi) is 5.81. The van der Waals surface area contributed by atoms with Crippen LogP contribution in [0.5, 0.6) is 0 Å². The summed E-state index contributed by atoms with van der Waals surface area (Å²) in [5.41, 5.74) is 1.70. The zero-order chi connectivity index (χ0) is 18.6. The van der Waals surface area contributed by atoms with E-state index in [0.717, 1.165) is 23.4 Å². The molecule has 0 fully saturated rings. The minimum absolute atomic E-state index is 0.241. The summed E-state index contributed by atoms with van der Waals surface area (Å²) in [7, 11) is -3.63. The van der Waals surface area contributed by atoms with E-state index in [0.29, 0.717) is 5.02 Å². The highest BCUT2D eigenvalue weighted by molar-refractivity contribution is 7.92. The Balaban J connectivity index is 2.11. The molecule has 0 atom stereocenters. The number of rotatable bonds is 5. The van der Waals surface area contributed by atoms with E-state index < -0.39 is 21.7 Å². The van der Waals surface area contributed by atoms with Crippen molar-refractivity contribution in [2.45, 2.75) is 6.92 Å². The number of sulfonamides is 1. The largest absolute Gasteiger partial charge is 0.322 e. The smallest absolute Gasteiger partial charge is 0.248 e. The fourth-order valence-electron chi connectivity index (χ4n) is 1.95. The summed E-state index contributed by atoms with van der Waals surface area (Å²) in [4.78, 5) is 12.0. The maximum absolute atomic E-state index is 13.6. The Morgan fingerprint density at radius 2 is 1.92 bits per heavy atom. The Hall–Kier alpha value is -2.38. The van der Waals surface area contributed by atoms with Crippen LogP contribution in [0.15, 0.2) is 42.5 Å². The summed E-state index contributed by atoms with van der Waals surface area (Å²) in [6.45, 7) is 1.87. The minimum atomic E-state index is -3.63. The molecular weight excluding hydrogens is 367 g/mol. The van der Waals surface area contributed by atoms with Crippen molar-refractivity contribution in [3.8, 4) is 0 Å². The fourth-order valence-corrected chi connectivity index (χ4v) is 2.69. The molecule has 25 heavy (non-hydrogen) atoms. The third-order valence-electron chi connectivity index (χ3n) is 3.15. The van der Waals surface area contributed by atoms with E-state index in [1.165, 1.54) is 18.2 Å². The lowest BCUT2D eigenvalue weighted by molar-refractivity contribution is -0.111. The number of hydrogen-bond acceptors (Lipinski definition) is 3. The van der Waals surface area contributed by atoms with Crippen LogP contribution in [0.4, 0.5) is 15.8 Å². The van der Waals surface area contributed by atoms with Crippen LogP contribution in [0, 0.1) is 12.7 Å². The summed E-state index contributed by atoms with van der Waals surface area (Å²) < 4.78 is 38.1. The molecule has 0 aliphatic carbocycles. The lowest BCUT2D eigenvalue weighted by Gasteiger charge is -2.08. The molecule has 0 heterocycles. The first-order valence-corrected chi connectivity index (χ1v) is 9.43. The lowest BCUT2D eigenvalue weighted by Crippen LogP contribution is -2.12. The molecule has 0 saturated heterocycles. The predicted octanol–water partition coefficient (Wildman–Crippen LogP) is 3.81. The highest BCUT2D eigenvalue weighted by atomic mass is 35.5. The number of aryl methyl sites for hydroxylation is 1. The van der Waals surface area contributed by atoms with Gasteiger partial charge in [-0.3, -0.25) is 9.52 Å². The zero-order valence-electron chi connectivity index (χ0n) is 13.5. The van der Waals surface area contributed by atoms with Crippen molar-refractivity contribution >= 4 is 45.0 Å². The van der Waals surface area contributed by atoms with E-state index in [2.05, 4.69) is 5.32 Å². The Morgan fingerprint density at radius 1 is 1.20 bits per heavy atom. The minimum Gasteiger partial charge on any atom is -0.322 e. The lowest BCUT2D eigenvalue weighted by atomic mass is 10.1. The topological polar surface area (TPSA) is 75.3 Å². The molecule has 5 nitrogen and oxygen atoms in total. The summed E-state index contributed by atoms with van der Waals surface area (Å²) in [6, 6.07) is 8.97. The number of hydrogen-bond donors (Lipinski definition) is 2. The summed E-state index contributed by atoms with van der Waals surface area (Å²) >= 11 is 6.02. The van der Waals surface area contributed by atoms with Gasteiger partial charge in [0.15, 0.2) is 0 Å². The van der Waals surface area contributed by atoms with Crippen LogP contribution >= 0.6 is 11.6 Å². The maximum atomic E-state index is 13.6. The van der Waals surface area contributed by atoms with E-state index in [1.54, 1.807) is 12.1 Å². The number of carbonyl (C=O) groups excluding carboxylic acids is 1. The second kappa shape index (κ2) is 7.67. The second-order valence-corrected chi connectivity index (χ2v) is 7.56. The summed E-state index contributed by atoms with van der Waals surface area (Å²) in [5, 5.41) is 3.13. The van der Waals surface area contributed by atoms with Gasteiger partial charge in [0, 0.05) is 16.8 Å². The molecule has 0 aromatic heterocycles. The Morgan fingerprint density at radius 3 is 2.56 bits per heavy atom. The highest BCUT2D eigenvalue weighted by Crippen LogP contribution is 2.21. The normalized spacial score (nSPS) is 11.5. The molecule has 2 N–H and O–H groups in total. The number of carbonyl (C=O) groups is 1. The molecule has 0 radical (unpaired) electrons. The van der Waals surface area contributed by atoms with Crippen molar-refractivity contribution in [3.05, 3.63) is 64.4 Å². The number of amides is 1. The first-order chi connectivity index (χ1) is 11.6. The first-order valence-electron chi connectivity index (χ1n) is 7.16. The van der Waals surface area contributed by atoms with Gasteiger partial charge in [-0.25, -0.2) is 12.8 Å². The number of benzene rings is 2. The molecule has 0 aliphatic rings. The zero-order valence-corrected chi connectivity index (χ0v) is 15.1. The van der Waals surface area contributed by atoms with Crippen molar-refractivity contribution in [3.63, 3.8) is 0 Å². The van der Waals surface area contributed by atoms with E-state index >= 15 is 0 Å². The molecule has 0 unspecified atom stereocenters. The number of anilines is 2. The molecule has 0 saturated carbocycles. The van der Waals surface area contributed by atoms with E-state index in [1.807, 2.05) is 23.8 Å². The average Bonchev–Trinajstić information content (AvgIpc) is 2.50. The molecule has 2 rings (SSSR count). The maximum Gasteiger partial charge on any atom is 0.248 e. The molecule has 8 heteroatoms. The van der Waals surface area contributed by atoms with Gasteiger partial charge in [-0.05, 0) is 48.4 Å². The first kappa shape index (κ1) is 19.0. The summed E-state index contributed by atoms with van der Waals surface area (Å²) in [5.74, 6) is -1.19. The molecule has 2 aromatic carbocycles. The standard InChI is InChI=1S/C17H16ClFN2O3S/c1-11-3-4-12(9-14(11)18)5-8-17(22)20-13-6-7-15(19)16(10-13)21-25(2,23)24/h3-10,21H,1-2H3,(H,20,22)/b8-5+. The average molecular weight is 383 g/mol. The van der Waals surface area contributed by atoms with Crippen molar-refractivity contribution in [2.24, 2.45) is 0 Å². The molecule has 0 aliphatic heterocycles. The molecule has 2 aromatic rings. The third-order valence-corrected chi connectivity index (χ3v) is 4.15. The predicted molar refractivity (Wildman–Crippen MR) is 98.7 cm³/mol. The van der Waals surface area contributed by atoms with Crippen molar-refractivity contribution in [1.82, 2.24) is 0 Å². The van der Waals surface area contributed by atoms with Crippen molar-refractivity contribution < 1.29 is 17.6 Å². The fraction of sp³-hybridized carbons (Fsp3) is 0.118. The van der Waals surface area contributed by atoms with Gasteiger partial charge in [0.25, 0.3) is 0 Å². The van der Waals surface area contributed by atoms with Crippen LogP contribution in [-0.4, -0.2) is 20.6 Å². The third kappa shape index (κ3) is 5.88. The van der Waals surface area contributed by atoms with Gasteiger partial charge in [0.05, 0.1) is 11.9 Å². The van der Waals surface area contributed by atoms with E-state index in [-0.39, 0.29) is 11.4 Å². The second-order valence-electron chi connectivity index (χ2n) is 5.40. The van der Waals surface area contributed by atoms with Crippen LogP contribution < -0.4 is 10.0 Å². The molecular formula is C17H16ClFN2O3S. The van der Waals surface area contributed by atoms with Crippen LogP contribution in [0.1, 0.15) is 11.1 Å². The van der Waals surface area contributed by atoms with Gasteiger partial charge in [-0.2, -0.15) is 0 Å². The van der Waals surface area contributed by atoms with Gasteiger partial charge in [-0.1, -0.05) is 23.7 Å². The van der Waals surface area contributed by atoms with Crippen LogP contribution in [0.25, 0.3) is 6.08 Å². The highest BCUT2D eigenvalue weighted by Gasteiger charge is 2.09. The van der Waals surface area contributed by atoms with Gasteiger partial charge in [-0.15, -0.1) is 0 Å². The monoisotopic (exact) mass is 382 g/mol. The van der Waals surface area contributed by atoms with E-state index in [4.69, 9.17) is 11.6 Å². The van der Waals surface area contributed by atoms with Crippen LogP contribution in [-0.2, 0) is 14.8 Å².